The van der Waals surface area contributed by atoms with Crippen LogP contribution in [0, 0.1) is 11.8 Å². The fraction of sp³-hybridized carbons (Fsp3) is 0.543. The van der Waals surface area contributed by atoms with E-state index in [1.807, 2.05) is 18.2 Å². The Labute approximate surface area is 282 Å². The van der Waals surface area contributed by atoms with E-state index in [9.17, 15) is 18.0 Å². The highest BCUT2D eigenvalue weighted by Crippen LogP contribution is 2.47. The molecule has 0 aromatic heterocycles. The van der Waals surface area contributed by atoms with Crippen molar-refractivity contribution in [3.8, 4) is 5.75 Å². The third-order valence-electron chi connectivity index (χ3n) is 10.3. The maximum absolute atomic E-state index is 13.6. The number of hydrogen-bond acceptors (Lipinski definition) is 8. The van der Waals surface area contributed by atoms with Gasteiger partial charge in [-0.3, -0.25) is 4.79 Å². The van der Waals surface area contributed by atoms with Gasteiger partial charge in [0.2, 0.25) is 0 Å². The van der Waals surface area contributed by atoms with Crippen molar-refractivity contribution >= 4 is 39.3 Å². The van der Waals surface area contributed by atoms with Crippen LogP contribution in [-0.4, -0.2) is 76.9 Å². The number of hydrogen-bond donors (Lipinski definition) is 1. The second kappa shape index (κ2) is 13.0. The molecule has 0 radical (unpaired) electrons. The van der Waals surface area contributed by atoms with Gasteiger partial charge in [0.1, 0.15) is 11.4 Å². The summed E-state index contributed by atoms with van der Waals surface area (Å²) in [6, 6.07) is 10.6. The molecule has 1 saturated carbocycles. The molecular weight excluding hydrogens is 642 g/mol. The third kappa shape index (κ3) is 6.58. The molecule has 2 aromatic rings. The van der Waals surface area contributed by atoms with Crippen molar-refractivity contribution in [2.75, 3.05) is 44.9 Å². The fourth-order valence-electron chi connectivity index (χ4n) is 7.54. The van der Waals surface area contributed by atoms with E-state index < -0.39 is 27.6 Å². The zero-order chi connectivity index (χ0) is 33.6. The van der Waals surface area contributed by atoms with Crippen molar-refractivity contribution in [1.29, 1.82) is 0 Å². The van der Waals surface area contributed by atoms with Crippen molar-refractivity contribution in [3.05, 3.63) is 64.7 Å². The van der Waals surface area contributed by atoms with Crippen LogP contribution in [-0.2, 0) is 36.1 Å². The van der Waals surface area contributed by atoms with E-state index in [4.69, 9.17) is 25.8 Å². The first-order valence-electron chi connectivity index (χ1n) is 16.4. The Balaban J connectivity index is 1.45. The van der Waals surface area contributed by atoms with E-state index in [0.29, 0.717) is 36.2 Å². The molecule has 2 aromatic carbocycles. The minimum atomic E-state index is -4.23. The zero-order valence-electron chi connectivity index (χ0n) is 27.5. The molecule has 10 nitrogen and oxygen atoms in total. The number of nitrogens with one attached hydrogen (secondary N) is 1. The first kappa shape index (κ1) is 33.6. The Hall–Kier alpha value is -3.28. The topological polar surface area (TPSA) is 114 Å². The van der Waals surface area contributed by atoms with Gasteiger partial charge in [-0.25, -0.2) is 17.9 Å². The second-order valence-corrected chi connectivity index (χ2v) is 15.8. The number of carbonyl (C=O) groups is 2. The lowest BCUT2D eigenvalue weighted by Crippen LogP contribution is -2.52. The summed E-state index contributed by atoms with van der Waals surface area (Å²) in [4.78, 5) is 30.1. The molecular formula is C35H44ClN3O7S. The quantitative estimate of drug-likeness (QED) is 0.415. The van der Waals surface area contributed by atoms with Gasteiger partial charge in [0.15, 0.2) is 0 Å². The number of anilines is 1. The second-order valence-electron chi connectivity index (χ2n) is 13.7. The minimum absolute atomic E-state index is 0.0298. The molecule has 12 heteroatoms. The van der Waals surface area contributed by atoms with Crippen LogP contribution in [0.1, 0.15) is 57.6 Å². The van der Waals surface area contributed by atoms with E-state index in [1.54, 1.807) is 37.1 Å². The number of halogens is 1. The largest absolute Gasteiger partial charge is 0.490 e. The number of carbonyl (C=O) groups excluding carboxylic acids is 2. The highest BCUT2D eigenvalue weighted by Gasteiger charge is 2.45. The predicted molar refractivity (Wildman–Crippen MR) is 180 cm³/mol. The molecule has 2 amide bonds. The molecule has 2 aliphatic heterocycles. The van der Waals surface area contributed by atoms with Gasteiger partial charge >= 0.3 is 6.09 Å². The lowest BCUT2D eigenvalue weighted by Gasteiger charge is -2.47. The van der Waals surface area contributed by atoms with Crippen LogP contribution in [0.3, 0.4) is 0 Å². The highest BCUT2D eigenvalue weighted by molar-refractivity contribution is 7.90. The van der Waals surface area contributed by atoms with Crippen LogP contribution in [0.2, 0.25) is 5.02 Å². The number of fused-ring (bicyclic) bond motifs is 4. The maximum Gasteiger partial charge on any atom is 0.409 e. The zero-order valence-corrected chi connectivity index (χ0v) is 29.0. The molecule has 1 spiro atoms. The van der Waals surface area contributed by atoms with E-state index in [0.717, 1.165) is 32.1 Å². The summed E-state index contributed by atoms with van der Waals surface area (Å²) in [7, 11) is -2.47. The Morgan fingerprint density at radius 1 is 1.19 bits per heavy atom. The summed E-state index contributed by atoms with van der Waals surface area (Å²) in [5, 5.41) is 0.705. The number of likely N-dealkylation sites (N-methyl/N-ethyl adjacent to an activating group) is 1. The van der Waals surface area contributed by atoms with Crippen LogP contribution in [0.4, 0.5) is 10.5 Å². The van der Waals surface area contributed by atoms with Gasteiger partial charge in [-0.1, -0.05) is 29.8 Å². The summed E-state index contributed by atoms with van der Waals surface area (Å²) >= 11 is 6.42. The Morgan fingerprint density at radius 3 is 2.74 bits per heavy atom. The van der Waals surface area contributed by atoms with Gasteiger partial charge in [-0.2, -0.15) is 0 Å². The van der Waals surface area contributed by atoms with Crippen LogP contribution >= 0.6 is 11.6 Å². The number of sulfonamides is 1. The summed E-state index contributed by atoms with van der Waals surface area (Å²) in [5.74, 6) is 0.131. The lowest BCUT2D eigenvalue weighted by molar-refractivity contribution is -0.139. The smallest absolute Gasteiger partial charge is 0.409 e. The van der Waals surface area contributed by atoms with Crippen molar-refractivity contribution in [1.82, 2.24) is 9.62 Å². The molecule has 6 rings (SSSR count). The molecule has 1 N–H and O–H groups in total. The predicted octanol–water partition coefficient (Wildman–Crippen LogP) is 5.47. The monoisotopic (exact) mass is 685 g/mol. The molecule has 0 saturated heterocycles. The lowest BCUT2D eigenvalue weighted by atomic mass is 9.67. The maximum atomic E-state index is 13.6. The number of ether oxygens (including phenoxy) is 3. The normalized spacial score (nSPS) is 28.7. The summed E-state index contributed by atoms with van der Waals surface area (Å²) in [5.41, 5.74) is 1.31. The number of rotatable bonds is 2. The van der Waals surface area contributed by atoms with Crippen molar-refractivity contribution in [2.45, 2.75) is 74.8 Å². The first-order chi connectivity index (χ1) is 22.3. The first-order valence-corrected chi connectivity index (χ1v) is 18.3. The van der Waals surface area contributed by atoms with Gasteiger partial charge < -0.3 is 24.0 Å². The average molecular weight is 686 g/mol. The Bertz CT molecular complexity index is 1680. The molecule has 2 bridgehead atoms. The Morgan fingerprint density at radius 2 is 2.00 bits per heavy atom. The molecule has 47 heavy (non-hydrogen) atoms. The average Bonchev–Trinajstić information content (AvgIpc) is 3.16. The number of nitrogens with zero attached hydrogens (tertiary/aromatic N) is 2. The summed E-state index contributed by atoms with van der Waals surface area (Å²) in [6.45, 7) is 6.85. The summed E-state index contributed by atoms with van der Waals surface area (Å²) in [6.07, 6.45) is 8.04. The van der Waals surface area contributed by atoms with Crippen molar-refractivity contribution in [3.63, 3.8) is 0 Å². The standard InChI is InChI=1S/C35H44ClN3O7S/c1-5-44-33(41)38(4)29-9-7-17-46-34(2,3)32(40)37-47(42,43)26-12-15-31-30(19-26)39(20-24-10-13-27(24)29)21-35(22-45-31)16-6-8-23-18-25(36)11-14-28(23)35/h7,9,11-12,14-15,18-19,24,27,29H,5-6,8,10,13,16-17,20-22H2,1-4H3,(H,37,40)/b9-7+/t24-,27+,29+,35-/m0/s1. The minimum Gasteiger partial charge on any atom is -0.490 e. The Kier molecular flexibility index (Phi) is 9.28. The van der Waals surface area contributed by atoms with Crippen LogP contribution in [0.5, 0.6) is 5.75 Å². The number of amides is 2. The van der Waals surface area contributed by atoms with E-state index in [-0.39, 0.29) is 41.4 Å². The number of benzene rings is 2. The molecule has 254 valence electrons. The van der Waals surface area contributed by atoms with E-state index in [1.165, 1.54) is 31.0 Å². The van der Waals surface area contributed by atoms with Crippen LogP contribution in [0.15, 0.2) is 53.4 Å². The van der Waals surface area contributed by atoms with Crippen LogP contribution < -0.4 is 14.4 Å². The van der Waals surface area contributed by atoms with E-state index >= 15 is 0 Å². The molecule has 0 unspecified atom stereocenters. The van der Waals surface area contributed by atoms with Crippen LogP contribution in [0.25, 0.3) is 0 Å². The van der Waals surface area contributed by atoms with E-state index in [2.05, 4.69) is 15.7 Å². The summed E-state index contributed by atoms with van der Waals surface area (Å²) < 4.78 is 47.2. The molecule has 2 aliphatic carbocycles. The molecule has 4 atom stereocenters. The number of aryl methyl sites for hydroxylation is 1. The molecule has 2 heterocycles. The van der Waals surface area contributed by atoms with Crippen molar-refractivity contribution < 1.29 is 32.2 Å². The third-order valence-corrected chi connectivity index (χ3v) is 11.9. The van der Waals surface area contributed by atoms with Gasteiger partial charge in [0, 0.05) is 30.6 Å². The molecule has 4 aliphatic rings. The fourth-order valence-corrected chi connectivity index (χ4v) is 8.86. The molecule has 1 fully saturated rings. The SMILES string of the molecule is CCOC(=O)N(C)[C@@H]1/C=C/COC(C)(C)C(=O)NS(=O)(=O)c2ccc3c(c2)N(C[C@@H]2CC[C@H]21)C[C@@]1(CCCc2cc(Cl)ccc21)CO3. The van der Waals surface area contributed by atoms with Gasteiger partial charge in [0.25, 0.3) is 15.9 Å². The highest BCUT2D eigenvalue weighted by atomic mass is 35.5. The van der Waals surface area contributed by atoms with Gasteiger partial charge in [0.05, 0.1) is 36.4 Å². The van der Waals surface area contributed by atoms with Gasteiger partial charge in [-0.05, 0) is 106 Å². The van der Waals surface area contributed by atoms with Gasteiger partial charge in [-0.15, -0.1) is 0 Å². The van der Waals surface area contributed by atoms with Crippen molar-refractivity contribution in [2.24, 2.45) is 11.8 Å².